The van der Waals surface area contributed by atoms with Crippen molar-refractivity contribution in [2.75, 3.05) is 6.54 Å². The lowest BCUT2D eigenvalue weighted by molar-refractivity contribution is -0.146. The molecule has 0 spiro atoms. The van der Waals surface area contributed by atoms with E-state index >= 15 is 0 Å². The van der Waals surface area contributed by atoms with E-state index in [1.807, 2.05) is 6.92 Å². The fourth-order valence-electron chi connectivity index (χ4n) is 2.29. The molecule has 3 unspecified atom stereocenters. The van der Waals surface area contributed by atoms with Gasteiger partial charge in [-0.2, -0.15) is 0 Å². The summed E-state index contributed by atoms with van der Waals surface area (Å²) in [5, 5.41) is 11.6. The first-order valence-corrected chi connectivity index (χ1v) is 5.70. The van der Waals surface area contributed by atoms with E-state index in [2.05, 4.69) is 5.32 Å². The van der Waals surface area contributed by atoms with Crippen molar-refractivity contribution in [2.24, 2.45) is 23.5 Å². The van der Waals surface area contributed by atoms with Gasteiger partial charge in [-0.05, 0) is 18.8 Å². The molecule has 1 rings (SSSR count). The summed E-state index contributed by atoms with van der Waals surface area (Å²) in [4.78, 5) is 33.3. The van der Waals surface area contributed by atoms with Gasteiger partial charge in [0.05, 0.1) is 11.8 Å². The molecular weight excluding hydrogens is 224 g/mol. The van der Waals surface area contributed by atoms with Crippen LogP contribution in [0.2, 0.25) is 0 Å². The Hall–Kier alpha value is -1.59. The summed E-state index contributed by atoms with van der Waals surface area (Å²) in [6.07, 6.45) is 1.19. The number of nitrogens with two attached hydrogens (primary N) is 1. The third-order valence-electron chi connectivity index (χ3n) is 3.12. The van der Waals surface area contributed by atoms with Crippen molar-refractivity contribution in [3.63, 3.8) is 0 Å². The van der Waals surface area contributed by atoms with Gasteiger partial charge in [0.15, 0.2) is 0 Å². The number of rotatable bonds is 5. The average molecular weight is 242 g/mol. The van der Waals surface area contributed by atoms with Gasteiger partial charge in [0, 0.05) is 13.0 Å². The molecule has 96 valence electrons. The van der Waals surface area contributed by atoms with Crippen molar-refractivity contribution in [1.82, 2.24) is 5.32 Å². The van der Waals surface area contributed by atoms with Gasteiger partial charge in [-0.1, -0.05) is 6.92 Å². The molecular formula is C11H18N2O4. The van der Waals surface area contributed by atoms with Crippen molar-refractivity contribution >= 4 is 17.8 Å². The normalized spacial score (nSPS) is 27.7. The second-order valence-electron chi connectivity index (χ2n) is 4.64. The molecule has 0 aromatic heterocycles. The fourth-order valence-corrected chi connectivity index (χ4v) is 2.29. The Balaban J connectivity index is 2.49. The van der Waals surface area contributed by atoms with Gasteiger partial charge in [0.1, 0.15) is 0 Å². The number of amides is 2. The van der Waals surface area contributed by atoms with Crippen LogP contribution < -0.4 is 11.1 Å². The second-order valence-corrected chi connectivity index (χ2v) is 4.64. The van der Waals surface area contributed by atoms with Gasteiger partial charge in [-0.25, -0.2) is 0 Å². The number of carboxylic acid groups (broad SMARTS) is 1. The smallest absolute Gasteiger partial charge is 0.307 e. The summed E-state index contributed by atoms with van der Waals surface area (Å²) in [5.41, 5.74) is 4.95. The Labute approximate surface area is 99.6 Å². The minimum atomic E-state index is -0.926. The number of carbonyl (C=O) groups is 3. The molecule has 0 aromatic carbocycles. The minimum Gasteiger partial charge on any atom is -0.481 e. The van der Waals surface area contributed by atoms with Crippen LogP contribution in [0.3, 0.4) is 0 Å². The van der Waals surface area contributed by atoms with Crippen LogP contribution >= 0.6 is 0 Å². The maximum Gasteiger partial charge on any atom is 0.307 e. The molecule has 0 aromatic rings. The standard InChI is InChI=1S/C11H18N2O4/c1-6-4-7(8(5-6)11(16)17)10(15)13-3-2-9(12)14/h6-8H,2-5H2,1H3,(H2,12,14)(H,13,15)(H,16,17). The summed E-state index contributed by atoms with van der Waals surface area (Å²) in [6, 6.07) is 0. The SMILES string of the molecule is CC1CC(C(=O)O)C(C(=O)NCCC(N)=O)C1. The third-order valence-corrected chi connectivity index (χ3v) is 3.12. The van der Waals surface area contributed by atoms with Gasteiger partial charge < -0.3 is 16.2 Å². The Morgan fingerprint density at radius 3 is 2.41 bits per heavy atom. The molecule has 4 N–H and O–H groups in total. The first kappa shape index (κ1) is 13.5. The lowest BCUT2D eigenvalue weighted by atomic mass is 9.95. The molecule has 0 heterocycles. The molecule has 0 aliphatic heterocycles. The number of hydrogen-bond donors (Lipinski definition) is 3. The number of aliphatic carboxylic acids is 1. The number of carbonyl (C=O) groups excluding carboxylic acids is 2. The van der Waals surface area contributed by atoms with E-state index in [0.29, 0.717) is 12.8 Å². The Morgan fingerprint density at radius 1 is 1.29 bits per heavy atom. The summed E-state index contributed by atoms with van der Waals surface area (Å²) in [6.45, 7) is 2.11. The maximum atomic E-state index is 11.8. The highest BCUT2D eigenvalue weighted by Crippen LogP contribution is 2.36. The van der Waals surface area contributed by atoms with Crippen molar-refractivity contribution < 1.29 is 19.5 Å². The maximum absolute atomic E-state index is 11.8. The van der Waals surface area contributed by atoms with Crippen molar-refractivity contribution in [3.8, 4) is 0 Å². The molecule has 3 atom stereocenters. The van der Waals surface area contributed by atoms with Crippen molar-refractivity contribution in [3.05, 3.63) is 0 Å². The minimum absolute atomic E-state index is 0.0752. The van der Waals surface area contributed by atoms with Crippen LogP contribution in [0.4, 0.5) is 0 Å². The monoisotopic (exact) mass is 242 g/mol. The molecule has 1 saturated carbocycles. The highest BCUT2D eigenvalue weighted by atomic mass is 16.4. The van der Waals surface area contributed by atoms with E-state index in [4.69, 9.17) is 10.8 Å². The average Bonchev–Trinajstić information content (AvgIpc) is 2.59. The van der Waals surface area contributed by atoms with E-state index in [0.717, 1.165) is 0 Å². The van der Waals surface area contributed by atoms with Gasteiger partial charge in [-0.15, -0.1) is 0 Å². The Kier molecular flexibility index (Phi) is 4.48. The van der Waals surface area contributed by atoms with E-state index in [-0.39, 0.29) is 24.8 Å². The highest BCUT2D eigenvalue weighted by molar-refractivity contribution is 5.85. The first-order chi connectivity index (χ1) is 7.91. The Bertz CT molecular complexity index is 329. The van der Waals surface area contributed by atoms with E-state index in [1.54, 1.807) is 0 Å². The molecule has 1 aliphatic carbocycles. The van der Waals surface area contributed by atoms with Crippen molar-refractivity contribution in [1.29, 1.82) is 0 Å². The summed E-state index contributed by atoms with van der Waals surface area (Å²) >= 11 is 0. The topological polar surface area (TPSA) is 109 Å². The highest BCUT2D eigenvalue weighted by Gasteiger charge is 2.40. The van der Waals surface area contributed by atoms with E-state index in [1.165, 1.54) is 0 Å². The van der Waals surface area contributed by atoms with E-state index < -0.39 is 23.7 Å². The quantitative estimate of drug-likeness (QED) is 0.616. The Morgan fingerprint density at radius 2 is 1.88 bits per heavy atom. The largest absolute Gasteiger partial charge is 0.481 e. The first-order valence-electron chi connectivity index (χ1n) is 5.70. The molecule has 6 nitrogen and oxygen atoms in total. The van der Waals surface area contributed by atoms with E-state index in [9.17, 15) is 14.4 Å². The predicted molar refractivity (Wildman–Crippen MR) is 59.8 cm³/mol. The van der Waals surface area contributed by atoms with Crippen LogP contribution in [0.15, 0.2) is 0 Å². The lowest BCUT2D eigenvalue weighted by Gasteiger charge is -2.15. The second kappa shape index (κ2) is 5.65. The zero-order valence-electron chi connectivity index (χ0n) is 9.81. The van der Waals surface area contributed by atoms with Gasteiger partial charge >= 0.3 is 5.97 Å². The van der Waals surface area contributed by atoms with Crippen LogP contribution in [-0.4, -0.2) is 29.4 Å². The van der Waals surface area contributed by atoms with Gasteiger partial charge in [0.2, 0.25) is 11.8 Å². The number of nitrogens with one attached hydrogen (secondary N) is 1. The number of primary amides is 1. The molecule has 1 aliphatic rings. The summed E-state index contributed by atoms with van der Waals surface area (Å²) in [5.74, 6) is -2.57. The molecule has 1 fully saturated rings. The fraction of sp³-hybridized carbons (Fsp3) is 0.727. The number of hydrogen-bond acceptors (Lipinski definition) is 3. The van der Waals surface area contributed by atoms with Crippen LogP contribution in [0.5, 0.6) is 0 Å². The zero-order valence-corrected chi connectivity index (χ0v) is 9.81. The van der Waals surface area contributed by atoms with Crippen LogP contribution in [-0.2, 0) is 14.4 Å². The molecule has 2 amide bonds. The predicted octanol–water partition coefficient (Wildman–Crippen LogP) is -0.275. The molecule has 0 radical (unpaired) electrons. The third kappa shape index (κ3) is 3.72. The van der Waals surface area contributed by atoms with Crippen molar-refractivity contribution in [2.45, 2.75) is 26.2 Å². The molecule has 0 bridgehead atoms. The molecule has 0 saturated heterocycles. The molecule has 17 heavy (non-hydrogen) atoms. The van der Waals surface area contributed by atoms with Gasteiger partial charge in [0.25, 0.3) is 0 Å². The zero-order chi connectivity index (χ0) is 13.0. The lowest BCUT2D eigenvalue weighted by Crippen LogP contribution is -2.36. The van der Waals surface area contributed by atoms with Crippen LogP contribution in [0.25, 0.3) is 0 Å². The van der Waals surface area contributed by atoms with Crippen LogP contribution in [0.1, 0.15) is 26.2 Å². The summed E-state index contributed by atoms with van der Waals surface area (Å²) in [7, 11) is 0. The van der Waals surface area contributed by atoms with Gasteiger partial charge in [-0.3, -0.25) is 14.4 Å². The van der Waals surface area contributed by atoms with Crippen LogP contribution in [0, 0.1) is 17.8 Å². The molecule has 6 heteroatoms. The number of carboxylic acids is 1. The summed E-state index contributed by atoms with van der Waals surface area (Å²) < 4.78 is 0.